The maximum Gasteiger partial charge on any atom is 0.168 e. The van der Waals surface area contributed by atoms with Crippen LogP contribution in [0.1, 0.15) is 11.7 Å². The summed E-state index contributed by atoms with van der Waals surface area (Å²) >= 11 is 0. The summed E-state index contributed by atoms with van der Waals surface area (Å²) in [5.74, 6) is -1.99. The van der Waals surface area contributed by atoms with Crippen molar-refractivity contribution in [3.05, 3.63) is 23.5 Å². The minimum atomic E-state index is -1.11. The summed E-state index contributed by atoms with van der Waals surface area (Å²) in [5, 5.41) is 27.3. The highest BCUT2D eigenvalue weighted by Crippen LogP contribution is 2.29. The minimum absolute atomic E-state index is 0.0152. The third kappa shape index (κ3) is 1.88. The van der Waals surface area contributed by atoms with Crippen molar-refractivity contribution < 1.29 is 19.7 Å². The number of benzene rings is 1. The summed E-state index contributed by atoms with van der Waals surface area (Å²) in [5.41, 5.74) is 5.14. The van der Waals surface area contributed by atoms with Gasteiger partial charge in [-0.05, 0) is 6.07 Å². The number of aliphatic hydroxyl groups is 1. The topological polar surface area (TPSA) is 86.7 Å². The predicted molar refractivity (Wildman–Crippen MR) is 43.7 cm³/mol. The van der Waals surface area contributed by atoms with Crippen LogP contribution in [-0.2, 0) is 0 Å². The first kappa shape index (κ1) is 9.76. The highest BCUT2D eigenvalue weighted by atomic mass is 19.1. The Morgan fingerprint density at radius 2 is 1.92 bits per heavy atom. The first-order chi connectivity index (χ1) is 6.06. The molecule has 0 bridgehead atoms. The van der Waals surface area contributed by atoms with Gasteiger partial charge in [-0.2, -0.15) is 0 Å². The lowest BCUT2D eigenvalue weighted by Gasteiger charge is -2.10. The lowest BCUT2D eigenvalue weighted by molar-refractivity contribution is 0.182. The van der Waals surface area contributed by atoms with E-state index in [4.69, 9.17) is 15.9 Å². The molecular weight excluding hydrogens is 177 g/mol. The molecule has 0 heterocycles. The van der Waals surface area contributed by atoms with Crippen molar-refractivity contribution >= 4 is 0 Å². The molecule has 0 spiro atoms. The first-order valence-electron chi connectivity index (χ1n) is 3.65. The minimum Gasteiger partial charge on any atom is -0.507 e. The average Bonchev–Trinajstić information content (AvgIpc) is 2.10. The zero-order chi connectivity index (χ0) is 10.0. The van der Waals surface area contributed by atoms with Crippen molar-refractivity contribution in [2.45, 2.75) is 6.10 Å². The number of phenols is 2. The number of nitrogens with two attached hydrogens (primary N) is 1. The van der Waals surface area contributed by atoms with E-state index in [9.17, 15) is 9.50 Å². The van der Waals surface area contributed by atoms with E-state index in [0.29, 0.717) is 0 Å². The van der Waals surface area contributed by atoms with Gasteiger partial charge < -0.3 is 21.1 Å². The second-order valence-electron chi connectivity index (χ2n) is 2.61. The van der Waals surface area contributed by atoms with Gasteiger partial charge in [-0.1, -0.05) is 0 Å². The SMILES string of the molecule is NCC(O)c1cc(O)c(F)cc1O. The molecule has 5 N–H and O–H groups in total. The molecule has 0 radical (unpaired) electrons. The van der Waals surface area contributed by atoms with Gasteiger partial charge in [0.05, 0.1) is 6.10 Å². The summed E-state index contributed by atoms with van der Waals surface area (Å²) in [7, 11) is 0. The summed E-state index contributed by atoms with van der Waals surface area (Å²) in [6, 6.07) is 1.67. The fourth-order valence-corrected chi connectivity index (χ4v) is 0.961. The van der Waals surface area contributed by atoms with Gasteiger partial charge in [-0.3, -0.25) is 0 Å². The summed E-state index contributed by atoms with van der Waals surface area (Å²) in [4.78, 5) is 0. The number of hydrogen-bond acceptors (Lipinski definition) is 4. The van der Waals surface area contributed by atoms with Gasteiger partial charge in [0, 0.05) is 18.2 Å². The predicted octanol–water partition coefficient (Wildman–Crippen LogP) is 0.229. The number of aliphatic hydroxyl groups excluding tert-OH is 1. The average molecular weight is 187 g/mol. The van der Waals surface area contributed by atoms with Gasteiger partial charge in [-0.15, -0.1) is 0 Å². The molecular formula is C8H10FNO3. The van der Waals surface area contributed by atoms with Crippen LogP contribution < -0.4 is 5.73 Å². The van der Waals surface area contributed by atoms with Gasteiger partial charge in [-0.25, -0.2) is 4.39 Å². The van der Waals surface area contributed by atoms with Crippen molar-refractivity contribution in [1.29, 1.82) is 0 Å². The smallest absolute Gasteiger partial charge is 0.168 e. The van der Waals surface area contributed by atoms with Crippen LogP contribution >= 0.6 is 0 Å². The molecule has 4 nitrogen and oxygen atoms in total. The van der Waals surface area contributed by atoms with Crippen LogP contribution in [0.15, 0.2) is 12.1 Å². The summed E-state index contributed by atoms with van der Waals surface area (Å²) < 4.78 is 12.6. The van der Waals surface area contributed by atoms with Gasteiger partial charge in [0.1, 0.15) is 5.75 Å². The zero-order valence-corrected chi connectivity index (χ0v) is 6.74. The highest BCUT2D eigenvalue weighted by molar-refractivity contribution is 5.41. The molecule has 1 unspecified atom stereocenters. The van der Waals surface area contributed by atoms with Gasteiger partial charge in [0.15, 0.2) is 11.6 Å². The molecule has 1 rings (SSSR count). The maximum atomic E-state index is 12.6. The number of phenolic OH excluding ortho intramolecular Hbond substituents is 2. The standard InChI is InChI=1S/C8H10FNO3/c9-5-2-6(11)4(1-7(5)12)8(13)3-10/h1-2,8,11-13H,3,10H2. The van der Waals surface area contributed by atoms with E-state index in [1.54, 1.807) is 0 Å². The fraction of sp³-hybridized carbons (Fsp3) is 0.250. The van der Waals surface area contributed by atoms with Crippen LogP contribution in [0.5, 0.6) is 11.5 Å². The molecule has 0 aliphatic carbocycles. The van der Waals surface area contributed by atoms with E-state index in [-0.39, 0.29) is 12.1 Å². The Hall–Kier alpha value is -1.33. The molecule has 72 valence electrons. The Labute approximate surface area is 74.0 Å². The lowest BCUT2D eigenvalue weighted by atomic mass is 10.1. The van der Waals surface area contributed by atoms with Crippen molar-refractivity contribution in [1.82, 2.24) is 0 Å². The Kier molecular flexibility index (Phi) is 2.69. The molecule has 0 saturated carbocycles. The molecule has 1 atom stereocenters. The van der Waals surface area contributed by atoms with Gasteiger partial charge in [0.2, 0.25) is 0 Å². The zero-order valence-electron chi connectivity index (χ0n) is 6.74. The second-order valence-corrected chi connectivity index (χ2v) is 2.61. The van der Waals surface area contributed by atoms with Crippen LogP contribution in [-0.4, -0.2) is 21.9 Å². The van der Waals surface area contributed by atoms with E-state index in [1.165, 1.54) is 0 Å². The van der Waals surface area contributed by atoms with Crippen molar-refractivity contribution in [2.24, 2.45) is 5.73 Å². The quantitative estimate of drug-likeness (QED) is 0.499. The second kappa shape index (κ2) is 3.59. The van der Waals surface area contributed by atoms with Crippen molar-refractivity contribution in [3.63, 3.8) is 0 Å². The van der Waals surface area contributed by atoms with Crippen molar-refractivity contribution in [3.8, 4) is 11.5 Å². The van der Waals surface area contributed by atoms with Crippen LogP contribution in [0.2, 0.25) is 0 Å². The monoisotopic (exact) mass is 187 g/mol. The molecule has 0 fully saturated rings. The van der Waals surface area contributed by atoms with Crippen LogP contribution in [0.3, 0.4) is 0 Å². The van der Waals surface area contributed by atoms with E-state index in [2.05, 4.69) is 0 Å². The summed E-state index contributed by atoms with van der Waals surface area (Å²) in [6.45, 7) is -0.112. The summed E-state index contributed by atoms with van der Waals surface area (Å²) in [6.07, 6.45) is -1.11. The van der Waals surface area contributed by atoms with E-state index < -0.39 is 23.4 Å². The Balaban J connectivity index is 3.15. The van der Waals surface area contributed by atoms with Crippen LogP contribution in [0.4, 0.5) is 4.39 Å². The number of rotatable bonds is 2. The molecule has 0 aliphatic rings. The maximum absolute atomic E-state index is 12.6. The third-order valence-electron chi connectivity index (χ3n) is 1.68. The Bertz CT molecular complexity index is 317. The van der Waals surface area contributed by atoms with Crippen LogP contribution in [0.25, 0.3) is 0 Å². The molecule has 0 aromatic heterocycles. The van der Waals surface area contributed by atoms with E-state index >= 15 is 0 Å². The number of halogens is 1. The number of hydrogen-bond donors (Lipinski definition) is 4. The first-order valence-corrected chi connectivity index (χ1v) is 3.65. The molecule has 0 saturated heterocycles. The molecule has 0 amide bonds. The van der Waals surface area contributed by atoms with Crippen LogP contribution in [0, 0.1) is 5.82 Å². The fourth-order valence-electron chi connectivity index (χ4n) is 0.961. The van der Waals surface area contributed by atoms with Gasteiger partial charge >= 0.3 is 0 Å². The van der Waals surface area contributed by atoms with E-state index in [0.717, 1.165) is 12.1 Å². The lowest BCUT2D eigenvalue weighted by Crippen LogP contribution is -2.11. The Morgan fingerprint density at radius 3 is 2.46 bits per heavy atom. The largest absolute Gasteiger partial charge is 0.507 e. The normalized spacial score (nSPS) is 12.8. The molecule has 1 aromatic rings. The molecule has 0 aliphatic heterocycles. The van der Waals surface area contributed by atoms with E-state index in [1.807, 2.05) is 0 Å². The molecule has 1 aromatic carbocycles. The molecule has 5 heteroatoms. The molecule has 13 heavy (non-hydrogen) atoms. The van der Waals surface area contributed by atoms with Crippen molar-refractivity contribution in [2.75, 3.05) is 6.54 Å². The Morgan fingerprint density at radius 1 is 1.31 bits per heavy atom. The third-order valence-corrected chi connectivity index (χ3v) is 1.68. The van der Waals surface area contributed by atoms with Gasteiger partial charge in [0.25, 0.3) is 0 Å². The number of aromatic hydroxyl groups is 2. The highest BCUT2D eigenvalue weighted by Gasteiger charge is 2.14.